The number of methoxy groups -OCH3 is 1. The monoisotopic (exact) mass is 500 g/mol. The Balaban J connectivity index is 1.65. The molecule has 0 spiro atoms. The van der Waals surface area contributed by atoms with Crippen LogP contribution in [0.2, 0.25) is 0 Å². The van der Waals surface area contributed by atoms with Gasteiger partial charge in [0.15, 0.2) is 12.4 Å². The third-order valence-electron chi connectivity index (χ3n) is 5.79. The highest BCUT2D eigenvalue weighted by Crippen LogP contribution is 2.38. The highest BCUT2D eigenvalue weighted by molar-refractivity contribution is 5.91. The maximum absolute atomic E-state index is 13.1. The van der Waals surface area contributed by atoms with Crippen molar-refractivity contribution in [2.45, 2.75) is 24.1 Å². The van der Waals surface area contributed by atoms with Crippen molar-refractivity contribution >= 4 is 17.9 Å². The van der Waals surface area contributed by atoms with E-state index in [1.807, 2.05) is 0 Å². The largest absolute Gasteiger partial charge is 0.459 e. The third kappa shape index (κ3) is 5.54. The van der Waals surface area contributed by atoms with Gasteiger partial charge in [-0.1, -0.05) is 60.5 Å². The summed E-state index contributed by atoms with van der Waals surface area (Å²) in [7, 11) is 1.33. The van der Waals surface area contributed by atoms with E-state index in [9.17, 15) is 14.4 Å². The smallest absolute Gasteiger partial charge is 0.339 e. The van der Waals surface area contributed by atoms with Gasteiger partial charge in [-0.25, -0.2) is 14.4 Å². The Labute approximate surface area is 214 Å². The Kier molecular flexibility index (Phi) is 7.98. The lowest BCUT2D eigenvalue weighted by Gasteiger charge is -2.32. The fourth-order valence-electron chi connectivity index (χ4n) is 3.89. The fraction of sp³-hybridized carbons (Fsp3) is 0.207. The molecule has 3 aromatic carbocycles. The molecular weight excluding hydrogens is 476 g/mol. The minimum absolute atomic E-state index is 0.214. The molecule has 0 saturated carbocycles. The Hall–Kier alpha value is -4.45. The molecule has 8 nitrogen and oxygen atoms in total. The average molecular weight is 501 g/mol. The first-order chi connectivity index (χ1) is 18.0. The van der Waals surface area contributed by atoms with E-state index in [4.69, 9.17) is 30.1 Å². The van der Waals surface area contributed by atoms with Crippen molar-refractivity contribution in [3.05, 3.63) is 108 Å². The molecule has 3 aromatic rings. The van der Waals surface area contributed by atoms with Gasteiger partial charge in [-0.3, -0.25) is 0 Å². The van der Waals surface area contributed by atoms with Crippen molar-refractivity contribution in [2.24, 2.45) is 0 Å². The molecule has 1 aliphatic heterocycles. The molecule has 4 atom stereocenters. The summed E-state index contributed by atoms with van der Waals surface area (Å²) in [4.78, 5) is 38.6. The van der Waals surface area contributed by atoms with Gasteiger partial charge in [-0.05, 0) is 36.4 Å². The van der Waals surface area contributed by atoms with Crippen LogP contribution in [0.3, 0.4) is 0 Å². The van der Waals surface area contributed by atoms with Gasteiger partial charge in [-0.2, -0.15) is 0 Å². The van der Waals surface area contributed by atoms with Gasteiger partial charge in [-0.15, -0.1) is 6.42 Å². The van der Waals surface area contributed by atoms with Crippen LogP contribution in [0, 0.1) is 12.3 Å². The van der Waals surface area contributed by atoms with E-state index in [0.29, 0.717) is 5.56 Å². The van der Waals surface area contributed by atoms with Gasteiger partial charge < -0.3 is 23.7 Å². The molecule has 1 aliphatic rings. The number of esters is 3. The molecule has 0 radical (unpaired) electrons. The Morgan fingerprint density at radius 1 is 0.811 bits per heavy atom. The molecule has 37 heavy (non-hydrogen) atoms. The SMILES string of the molecule is C#C[C@@]1(OC(=O)c2ccccc2)[C@@H](COC(=O)c2ccccc2)O[C@@H](OC)[C@@H]1OC(=O)c1ccccc1. The Morgan fingerprint density at radius 2 is 1.30 bits per heavy atom. The van der Waals surface area contributed by atoms with E-state index in [1.165, 1.54) is 7.11 Å². The summed E-state index contributed by atoms with van der Waals surface area (Å²) in [6, 6.07) is 24.7. The first-order valence-corrected chi connectivity index (χ1v) is 11.4. The van der Waals surface area contributed by atoms with E-state index in [2.05, 4.69) is 5.92 Å². The van der Waals surface area contributed by atoms with Crippen molar-refractivity contribution in [1.29, 1.82) is 0 Å². The molecule has 188 valence electrons. The third-order valence-corrected chi connectivity index (χ3v) is 5.79. The number of carbonyl (C=O) groups is 3. The fourth-order valence-corrected chi connectivity index (χ4v) is 3.89. The average Bonchev–Trinajstić information content (AvgIpc) is 3.24. The number of ether oxygens (including phenoxy) is 5. The summed E-state index contributed by atoms with van der Waals surface area (Å²) in [6.45, 7) is -0.404. The van der Waals surface area contributed by atoms with E-state index in [1.54, 1.807) is 91.0 Å². The standard InChI is InChI=1S/C29H24O8/c1-3-29(37-27(32)22-17-11-6-12-18-22)23(19-34-25(30)20-13-7-4-8-14-20)35-28(33-2)24(29)36-26(31)21-15-9-5-10-16-21/h1,4-18,23-24,28H,19H2,2H3/t23-,24+,28-,29-/m1/s1. The molecule has 0 amide bonds. The normalized spacial score (nSPS) is 22.4. The minimum Gasteiger partial charge on any atom is -0.459 e. The summed E-state index contributed by atoms with van der Waals surface area (Å²) in [5, 5.41) is 0. The van der Waals surface area contributed by atoms with E-state index in [-0.39, 0.29) is 11.1 Å². The lowest BCUT2D eigenvalue weighted by Crippen LogP contribution is -2.54. The van der Waals surface area contributed by atoms with Crippen LogP contribution in [0.4, 0.5) is 0 Å². The van der Waals surface area contributed by atoms with Crippen molar-refractivity contribution in [1.82, 2.24) is 0 Å². The van der Waals surface area contributed by atoms with Crippen LogP contribution in [0.1, 0.15) is 31.1 Å². The van der Waals surface area contributed by atoms with Crippen molar-refractivity contribution in [3.8, 4) is 12.3 Å². The van der Waals surface area contributed by atoms with Gasteiger partial charge in [0.1, 0.15) is 6.61 Å². The van der Waals surface area contributed by atoms with E-state index >= 15 is 0 Å². The number of hydrogen-bond donors (Lipinski definition) is 0. The molecule has 1 saturated heterocycles. The van der Waals surface area contributed by atoms with Crippen LogP contribution < -0.4 is 0 Å². The van der Waals surface area contributed by atoms with E-state index in [0.717, 1.165) is 0 Å². The molecular formula is C29H24O8. The molecule has 0 N–H and O–H groups in total. The molecule has 1 heterocycles. The van der Waals surface area contributed by atoms with Crippen molar-refractivity contribution in [3.63, 3.8) is 0 Å². The number of benzene rings is 3. The first kappa shape index (κ1) is 25.6. The number of carbonyl (C=O) groups excluding carboxylic acids is 3. The van der Waals surface area contributed by atoms with Gasteiger partial charge in [0.25, 0.3) is 0 Å². The Morgan fingerprint density at radius 3 is 1.78 bits per heavy atom. The highest BCUT2D eigenvalue weighted by atomic mass is 16.7. The summed E-state index contributed by atoms with van der Waals surface area (Å²) in [6.07, 6.45) is 2.13. The maximum atomic E-state index is 13.1. The molecule has 1 fully saturated rings. The van der Waals surface area contributed by atoms with Crippen molar-refractivity contribution < 1.29 is 38.1 Å². The van der Waals surface area contributed by atoms with Crippen LogP contribution in [0.15, 0.2) is 91.0 Å². The van der Waals surface area contributed by atoms with Crippen molar-refractivity contribution in [2.75, 3.05) is 13.7 Å². The summed E-state index contributed by atoms with van der Waals surface area (Å²) < 4.78 is 28.3. The molecule has 0 bridgehead atoms. The molecule has 4 rings (SSSR count). The van der Waals surface area contributed by atoms with Gasteiger partial charge in [0.05, 0.1) is 16.7 Å². The van der Waals surface area contributed by atoms with Crippen LogP contribution in [-0.4, -0.2) is 55.7 Å². The molecule has 0 aliphatic carbocycles. The molecule has 0 aromatic heterocycles. The van der Waals surface area contributed by atoms with Gasteiger partial charge in [0.2, 0.25) is 11.7 Å². The summed E-state index contributed by atoms with van der Waals surface area (Å²) in [5.74, 6) is 0.304. The second kappa shape index (κ2) is 11.5. The highest BCUT2D eigenvalue weighted by Gasteiger charge is 2.62. The second-order valence-corrected chi connectivity index (χ2v) is 8.08. The summed E-state index contributed by atoms with van der Waals surface area (Å²) in [5.41, 5.74) is -1.21. The Bertz CT molecular complexity index is 1270. The zero-order valence-electron chi connectivity index (χ0n) is 19.9. The maximum Gasteiger partial charge on any atom is 0.339 e. The number of rotatable bonds is 8. The van der Waals surface area contributed by atoms with E-state index < -0.39 is 48.6 Å². The first-order valence-electron chi connectivity index (χ1n) is 11.4. The predicted octanol–water partition coefficient (Wildman–Crippen LogP) is 3.67. The van der Waals surface area contributed by atoms with Gasteiger partial charge >= 0.3 is 17.9 Å². The minimum atomic E-state index is -1.98. The zero-order valence-corrected chi connectivity index (χ0v) is 19.9. The topological polar surface area (TPSA) is 97.4 Å². The molecule has 8 heteroatoms. The quantitative estimate of drug-likeness (QED) is 0.263. The summed E-state index contributed by atoms with van der Waals surface area (Å²) >= 11 is 0. The van der Waals surface area contributed by atoms with Gasteiger partial charge in [0, 0.05) is 7.11 Å². The van der Waals surface area contributed by atoms with Crippen LogP contribution in [0.25, 0.3) is 0 Å². The zero-order chi connectivity index (χ0) is 26.3. The van der Waals surface area contributed by atoms with Crippen LogP contribution >= 0.6 is 0 Å². The van der Waals surface area contributed by atoms with Crippen LogP contribution in [-0.2, 0) is 23.7 Å². The lowest BCUT2D eigenvalue weighted by atomic mass is 9.92. The lowest BCUT2D eigenvalue weighted by molar-refractivity contribution is -0.155. The number of terminal acetylenes is 1. The van der Waals surface area contributed by atoms with Crippen LogP contribution in [0.5, 0.6) is 0 Å². The molecule has 0 unspecified atom stereocenters. The predicted molar refractivity (Wildman–Crippen MR) is 131 cm³/mol. The number of hydrogen-bond acceptors (Lipinski definition) is 8. The second-order valence-electron chi connectivity index (χ2n) is 8.08.